The van der Waals surface area contributed by atoms with Crippen LogP contribution < -0.4 is 14.8 Å². The molecule has 1 N–H and O–H groups in total. The first kappa shape index (κ1) is 16.3. The summed E-state index contributed by atoms with van der Waals surface area (Å²) in [6, 6.07) is 5.62. The third kappa shape index (κ3) is 5.93. The van der Waals surface area contributed by atoms with Gasteiger partial charge in [-0.1, -0.05) is 6.07 Å². The molecule has 0 saturated heterocycles. The summed E-state index contributed by atoms with van der Waals surface area (Å²) in [5.41, 5.74) is 1.09. The summed E-state index contributed by atoms with van der Waals surface area (Å²) < 4.78 is 10.7. The second-order valence-electron chi connectivity index (χ2n) is 4.95. The molecule has 0 saturated carbocycles. The number of nitrogens with zero attached hydrogens (tertiary/aromatic N) is 1. The average Bonchev–Trinajstić information content (AvgIpc) is 2.41. The summed E-state index contributed by atoms with van der Waals surface area (Å²) in [5.74, 6) is 1.11. The molecule has 0 aromatic heterocycles. The molecular formula is C15H24N2O3. The smallest absolute Gasteiger partial charge is 0.257 e. The van der Waals surface area contributed by atoms with Crippen molar-refractivity contribution in [2.24, 2.45) is 0 Å². The number of carbonyl (C=O) groups excluding carboxylic acids is 1. The number of ether oxygens (including phenoxy) is 2. The van der Waals surface area contributed by atoms with E-state index in [0.717, 1.165) is 18.5 Å². The number of hydrogen-bond donors (Lipinski definition) is 1. The first-order valence-electron chi connectivity index (χ1n) is 6.72. The third-order valence-electron chi connectivity index (χ3n) is 2.78. The van der Waals surface area contributed by atoms with Gasteiger partial charge in [0.2, 0.25) is 0 Å². The van der Waals surface area contributed by atoms with E-state index in [-0.39, 0.29) is 12.5 Å². The second kappa shape index (κ2) is 8.43. The van der Waals surface area contributed by atoms with Gasteiger partial charge in [0.05, 0.1) is 7.11 Å². The SMILES string of the molecule is COc1cc(C)ccc1OCC(=O)NCCCN(C)C. The van der Waals surface area contributed by atoms with Gasteiger partial charge < -0.3 is 19.7 Å². The van der Waals surface area contributed by atoms with Crippen molar-refractivity contribution in [1.82, 2.24) is 10.2 Å². The fourth-order valence-corrected chi connectivity index (χ4v) is 1.71. The first-order chi connectivity index (χ1) is 9.52. The highest BCUT2D eigenvalue weighted by atomic mass is 16.5. The van der Waals surface area contributed by atoms with Crippen LogP contribution in [0.4, 0.5) is 0 Å². The molecule has 0 spiro atoms. The average molecular weight is 280 g/mol. The number of amides is 1. The lowest BCUT2D eigenvalue weighted by atomic mass is 10.2. The fraction of sp³-hybridized carbons (Fsp3) is 0.533. The van der Waals surface area contributed by atoms with E-state index < -0.39 is 0 Å². The Morgan fingerprint density at radius 2 is 2.05 bits per heavy atom. The highest BCUT2D eigenvalue weighted by Crippen LogP contribution is 2.27. The molecule has 0 aliphatic heterocycles. The van der Waals surface area contributed by atoms with Gasteiger partial charge in [-0.05, 0) is 51.7 Å². The summed E-state index contributed by atoms with van der Waals surface area (Å²) >= 11 is 0. The van der Waals surface area contributed by atoms with Crippen LogP contribution in [0.1, 0.15) is 12.0 Å². The normalized spacial score (nSPS) is 10.4. The molecule has 1 aromatic rings. The van der Waals surface area contributed by atoms with Gasteiger partial charge in [0, 0.05) is 6.54 Å². The van der Waals surface area contributed by atoms with Crippen molar-refractivity contribution in [3.05, 3.63) is 23.8 Å². The van der Waals surface area contributed by atoms with Crippen molar-refractivity contribution in [3.63, 3.8) is 0 Å². The van der Waals surface area contributed by atoms with E-state index in [0.29, 0.717) is 18.0 Å². The van der Waals surface area contributed by atoms with Gasteiger partial charge in [-0.2, -0.15) is 0 Å². The molecular weight excluding hydrogens is 256 g/mol. The lowest BCUT2D eigenvalue weighted by molar-refractivity contribution is -0.123. The highest BCUT2D eigenvalue weighted by molar-refractivity contribution is 5.77. The fourth-order valence-electron chi connectivity index (χ4n) is 1.71. The van der Waals surface area contributed by atoms with Crippen molar-refractivity contribution >= 4 is 5.91 Å². The summed E-state index contributed by atoms with van der Waals surface area (Å²) in [7, 11) is 5.60. The molecule has 0 unspecified atom stereocenters. The number of hydrogen-bond acceptors (Lipinski definition) is 4. The maximum atomic E-state index is 11.6. The summed E-state index contributed by atoms with van der Waals surface area (Å²) in [5, 5.41) is 2.83. The molecule has 0 radical (unpaired) electrons. The number of rotatable bonds is 8. The standard InChI is InChI=1S/C15H24N2O3/c1-12-6-7-13(14(10-12)19-4)20-11-15(18)16-8-5-9-17(2)3/h6-7,10H,5,8-9,11H2,1-4H3,(H,16,18). The number of aryl methyl sites for hydroxylation is 1. The molecule has 112 valence electrons. The predicted molar refractivity (Wildman–Crippen MR) is 79.4 cm³/mol. The first-order valence-corrected chi connectivity index (χ1v) is 6.72. The number of benzene rings is 1. The Balaban J connectivity index is 2.34. The van der Waals surface area contributed by atoms with Crippen LogP contribution in [0.15, 0.2) is 18.2 Å². The Hall–Kier alpha value is -1.75. The molecule has 0 aliphatic carbocycles. The zero-order valence-electron chi connectivity index (χ0n) is 12.7. The predicted octanol–water partition coefficient (Wildman–Crippen LogP) is 1.45. The van der Waals surface area contributed by atoms with Gasteiger partial charge in [-0.25, -0.2) is 0 Å². The van der Waals surface area contributed by atoms with Gasteiger partial charge >= 0.3 is 0 Å². The third-order valence-corrected chi connectivity index (χ3v) is 2.78. The Bertz CT molecular complexity index is 433. The van der Waals surface area contributed by atoms with Crippen LogP contribution in [-0.2, 0) is 4.79 Å². The van der Waals surface area contributed by atoms with Crippen LogP contribution >= 0.6 is 0 Å². The lowest BCUT2D eigenvalue weighted by Gasteiger charge is -2.12. The molecule has 1 amide bonds. The molecule has 5 nitrogen and oxygen atoms in total. The zero-order chi connectivity index (χ0) is 15.0. The largest absolute Gasteiger partial charge is 0.493 e. The Kier molecular flexibility index (Phi) is 6.87. The molecule has 0 fully saturated rings. The van der Waals surface area contributed by atoms with Gasteiger partial charge in [0.1, 0.15) is 0 Å². The quantitative estimate of drug-likeness (QED) is 0.732. The van der Waals surface area contributed by atoms with Crippen molar-refractivity contribution < 1.29 is 14.3 Å². The van der Waals surface area contributed by atoms with Crippen LogP contribution in [-0.4, -0.2) is 51.7 Å². The van der Waals surface area contributed by atoms with Gasteiger partial charge in [-0.3, -0.25) is 4.79 Å². The minimum absolute atomic E-state index is 0.00137. The van der Waals surface area contributed by atoms with E-state index in [4.69, 9.17) is 9.47 Å². The van der Waals surface area contributed by atoms with Crippen LogP contribution in [0.2, 0.25) is 0 Å². The van der Waals surface area contributed by atoms with E-state index >= 15 is 0 Å². The summed E-state index contributed by atoms with van der Waals surface area (Å²) in [4.78, 5) is 13.7. The number of methoxy groups -OCH3 is 1. The monoisotopic (exact) mass is 280 g/mol. The Morgan fingerprint density at radius 3 is 2.70 bits per heavy atom. The molecule has 0 bridgehead atoms. The van der Waals surface area contributed by atoms with Crippen LogP contribution in [0.5, 0.6) is 11.5 Å². The van der Waals surface area contributed by atoms with Crippen molar-refractivity contribution in [2.45, 2.75) is 13.3 Å². The van der Waals surface area contributed by atoms with Crippen LogP contribution in [0.25, 0.3) is 0 Å². The topological polar surface area (TPSA) is 50.8 Å². The van der Waals surface area contributed by atoms with E-state index in [1.165, 1.54) is 0 Å². The van der Waals surface area contributed by atoms with Gasteiger partial charge in [0.15, 0.2) is 18.1 Å². The Labute approximate surface area is 120 Å². The second-order valence-corrected chi connectivity index (χ2v) is 4.95. The van der Waals surface area contributed by atoms with Crippen LogP contribution in [0, 0.1) is 6.92 Å². The highest BCUT2D eigenvalue weighted by Gasteiger charge is 2.07. The van der Waals surface area contributed by atoms with E-state index in [2.05, 4.69) is 10.2 Å². The van der Waals surface area contributed by atoms with Crippen molar-refractivity contribution in [1.29, 1.82) is 0 Å². The van der Waals surface area contributed by atoms with Crippen LogP contribution in [0.3, 0.4) is 0 Å². The van der Waals surface area contributed by atoms with E-state index in [9.17, 15) is 4.79 Å². The molecule has 0 aliphatic rings. The molecule has 0 atom stereocenters. The Morgan fingerprint density at radius 1 is 1.30 bits per heavy atom. The van der Waals surface area contributed by atoms with Gasteiger partial charge in [-0.15, -0.1) is 0 Å². The summed E-state index contributed by atoms with van der Waals surface area (Å²) in [6.45, 7) is 3.59. The molecule has 0 heterocycles. The molecule has 1 aromatic carbocycles. The maximum Gasteiger partial charge on any atom is 0.257 e. The molecule has 1 rings (SSSR count). The maximum absolute atomic E-state index is 11.6. The molecule has 20 heavy (non-hydrogen) atoms. The molecule has 5 heteroatoms. The van der Waals surface area contributed by atoms with E-state index in [1.54, 1.807) is 7.11 Å². The number of nitrogens with one attached hydrogen (secondary N) is 1. The van der Waals surface area contributed by atoms with Crippen molar-refractivity contribution in [2.75, 3.05) is 40.9 Å². The minimum atomic E-state index is -0.119. The van der Waals surface area contributed by atoms with Gasteiger partial charge in [0.25, 0.3) is 5.91 Å². The zero-order valence-corrected chi connectivity index (χ0v) is 12.7. The lowest BCUT2D eigenvalue weighted by Crippen LogP contribution is -2.31. The number of carbonyl (C=O) groups is 1. The van der Waals surface area contributed by atoms with E-state index in [1.807, 2.05) is 39.2 Å². The minimum Gasteiger partial charge on any atom is -0.493 e. The summed E-state index contributed by atoms with van der Waals surface area (Å²) in [6.07, 6.45) is 0.923. The van der Waals surface area contributed by atoms with Crippen molar-refractivity contribution in [3.8, 4) is 11.5 Å².